The summed E-state index contributed by atoms with van der Waals surface area (Å²) in [5.74, 6) is 1.69. The number of hydrogen-bond acceptors (Lipinski definition) is 5. The van der Waals surface area contributed by atoms with Gasteiger partial charge in [-0.05, 0) is 61.1 Å². The minimum atomic E-state index is -0.112. The number of anilines is 1. The minimum absolute atomic E-state index is 0.0756. The molecule has 1 saturated carbocycles. The average Bonchev–Trinajstić information content (AvgIpc) is 3.66. The largest absolute Gasteiger partial charge is 0.384 e. The second-order valence-electron chi connectivity index (χ2n) is 9.35. The first-order valence-electron chi connectivity index (χ1n) is 12.4. The summed E-state index contributed by atoms with van der Waals surface area (Å²) in [7, 11) is 0. The van der Waals surface area contributed by atoms with E-state index in [1.165, 1.54) is 18.4 Å². The van der Waals surface area contributed by atoms with Crippen LogP contribution in [0.3, 0.4) is 0 Å². The van der Waals surface area contributed by atoms with E-state index < -0.39 is 0 Å². The molecular formula is C28H31N7O. The number of carbonyl (C=O) groups is 1. The molecule has 1 amide bonds. The van der Waals surface area contributed by atoms with E-state index in [1.54, 1.807) is 17.3 Å². The van der Waals surface area contributed by atoms with Crippen LogP contribution >= 0.6 is 0 Å². The molecule has 184 valence electrons. The maximum Gasteiger partial charge on any atom is 0.258 e. The van der Waals surface area contributed by atoms with E-state index in [0.717, 1.165) is 47.5 Å². The van der Waals surface area contributed by atoms with Gasteiger partial charge in [0.25, 0.3) is 5.91 Å². The maximum absolute atomic E-state index is 13.4. The Morgan fingerprint density at radius 3 is 2.53 bits per heavy atom. The molecule has 0 atom stereocenters. The van der Waals surface area contributed by atoms with Crippen LogP contribution < -0.4 is 16.4 Å². The number of benzene rings is 2. The summed E-state index contributed by atoms with van der Waals surface area (Å²) in [4.78, 5) is 24.2. The quantitative estimate of drug-likeness (QED) is 0.236. The van der Waals surface area contributed by atoms with Gasteiger partial charge in [-0.1, -0.05) is 24.3 Å². The number of imidazole rings is 1. The van der Waals surface area contributed by atoms with Crippen LogP contribution in [0.2, 0.25) is 0 Å². The van der Waals surface area contributed by atoms with E-state index in [1.807, 2.05) is 54.6 Å². The van der Waals surface area contributed by atoms with Crippen molar-refractivity contribution < 1.29 is 4.79 Å². The Morgan fingerprint density at radius 2 is 1.86 bits per heavy atom. The number of amides is 1. The van der Waals surface area contributed by atoms with E-state index in [2.05, 4.69) is 9.55 Å². The number of aromatic nitrogens is 3. The predicted octanol–water partition coefficient (Wildman–Crippen LogP) is 3.52. The third-order valence-electron chi connectivity index (χ3n) is 6.67. The van der Waals surface area contributed by atoms with Crippen LogP contribution in [0.25, 0.3) is 11.0 Å². The van der Waals surface area contributed by atoms with Crippen LogP contribution in [0.1, 0.15) is 40.2 Å². The van der Waals surface area contributed by atoms with Gasteiger partial charge in [0.15, 0.2) is 0 Å². The number of fused-ring (bicyclic) bond motifs is 1. The monoisotopic (exact) mass is 481 g/mol. The fourth-order valence-electron chi connectivity index (χ4n) is 4.52. The third kappa shape index (κ3) is 5.13. The highest BCUT2D eigenvalue weighted by atomic mass is 16.2. The van der Waals surface area contributed by atoms with Crippen molar-refractivity contribution in [1.82, 2.24) is 14.5 Å². The number of pyridine rings is 1. The van der Waals surface area contributed by atoms with Crippen LogP contribution in [-0.4, -0.2) is 39.4 Å². The first kappa shape index (κ1) is 23.7. The highest BCUT2D eigenvalue weighted by Gasteiger charge is 2.25. The zero-order chi connectivity index (χ0) is 25.1. The molecule has 1 aliphatic carbocycles. The van der Waals surface area contributed by atoms with Crippen molar-refractivity contribution in [3.8, 4) is 0 Å². The van der Waals surface area contributed by atoms with E-state index in [9.17, 15) is 4.79 Å². The highest BCUT2D eigenvalue weighted by molar-refractivity contribution is 6.07. The van der Waals surface area contributed by atoms with Crippen molar-refractivity contribution in [2.75, 3.05) is 18.0 Å². The van der Waals surface area contributed by atoms with Crippen molar-refractivity contribution in [1.29, 1.82) is 5.41 Å². The summed E-state index contributed by atoms with van der Waals surface area (Å²) >= 11 is 0. The van der Waals surface area contributed by atoms with Gasteiger partial charge in [0.05, 0.1) is 22.9 Å². The fraction of sp³-hybridized carbons (Fsp3) is 0.286. The van der Waals surface area contributed by atoms with Gasteiger partial charge in [-0.3, -0.25) is 15.2 Å². The maximum atomic E-state index is 13.4. The molecule has 2 heterocycles. The Kier molecular flexibility index (Phi) is 6.77. The Labute approximate surface area is 210 Å². The molecular weight excluding hydrogens is 450 g/mol. The molecule has 2 aromatic heterocycles. The lowest BCUT2D eigenvalue weighted by atomic mass is 10.1. The molecule has 0 radical (unpaired) electrons. The number of aryl methyl sites for hydroxylation is 2. The SMILES string of the molecule is N=C(N)c1ccc(CCc2nc3cc(C(=O)N(CCN)c4cccnc4)ccc3n2CC2CC2)cc1. The van der Waals surface area contributed by atoms with Gasteiger partial charge in [-0.25, -0.2) is 4.98 Å². The molecule has 0 spiro atoms. The number of nitrogens with zero attached hydrogens (tertiary/aromatic N) is 4. The van der Waals surface area contributed by atoms with Gasteiger partial charge in [-0.15, -0.1) is 0 Å². The second-order valence-corrected chi connectivity index (χ2v) is 9.35. The first-order chi connectivity index (χ1) is 17.5. The molecule has 0 aliphatic heterocycles. The molecule has 0 bridgehead atoms. The van der Waals surface area contributed by atoms with Crippen LogP contribution in [-0.2, 0) is 19.4 Å². The third-order valence-corrected chi connectivity index (χ3v) is 6.67. The van der Waals surface area contributed by atoms with Gasteiger partial charge in [-0.2, -0.15) is 0 Å². The van der Waals surface area contributed by atoms with Crippen molar-refractivity contribution in [2.24, 2.45) is 17.4 Å². The Balaban J connectivity index is 1.42. The van der Waals surface area contributed by atoms with E-state index in [-0.39, 0.29) is 11.7 Å². The molecule has 0 unspecified atom stereocenters. The smallest absolute Gasteiger partial charge is 0.258 e. The number of nitrogen functional groups attached to an aromatic ring is 1. The molecule has 1 aliphatic rings. The van der Waals surface area contributed by atoms with Gasteiger partial charge in [0.1, 0.15) is 11.7 Å². The molecule has 8 heteroatoms. The highest BCUT2D eigenvalue weighted by Crippen LogP contribution is 2.33. The first-order valence-corrected chi connectivity index (χ1v) is 12.4. The van der Waals surface area contributed by atoms with Gasteiger partial charge < -0.3 is 20.9 Å². The van der Waals surface area contributed by atoms with Crippen LogP contribution in [0.5, 0.6) is 0 Å². The van der Waals surface area contributed by atoms with Gasteiger partial charge in [0, 0.05) is 43.4 Å². The lowest BCUT2D eigenvalue weighted by Gasteiger charge is -2.21. The molecule has 5 rings (SSSR count). The normalized spacial score (nSPS) is 13.1. The Morgan fingerprint density at radius 1 is 1.08 bits per heavy atom. The molecule has 0 saturated heterocycles. The summed E-state index contributed by atoms with van der Waals surface area (Å²) < 4.78 is 2.32. The van der Waals surface area contributed by atoms with E-state index >= 15 is 0 Å². The molecule has 5 N–H and O–H groups in total. The summed E-state index contributed by atoms with van der Waals surface area (Å²) in [6.45, 7) is 1.72. The summed E-state index contributed by atoms with van der Waals surface area (Å²) in [5.41, 5.74) is 16.5. The molecule has 8 nitrogen and oxygen atoms in total. The van der Waals surface area contributed by atoms with Gasteiger partial charge >= 0.3 is 0 Å². The minimum Gasteiger partial charge on any atom is -0.384 e. The lowest BCUT2D eigenvalue weighted by Crippen LogP contribution is -2.35. The summed E-state index contributed by atoms with van der Waals surface area (Å²) in [6, 6.07) is 17.3. The molecule has 36 heavy (non-hydrogen) atoms. The Bertz CT molecular complexity index is 1370. The lowest BCUT2D eigenvalue weighted by molar-refractivity contribution is 0.0987. The topological polar surface area (TPSA) is 127 Å². The van der Waals surface area contributed by atoms with Crippen molar-refractivity contribution >= 4 is 28.5 Å². The van der Waals surface area contributed by atoms with Crippen LogP contribution in [0.4, 0.5) is 5.69 Å². The van der Waals surface area contributed by atoms with Crippen molar-refractivity contribution in [2.45, 2.75) is 32.2 Å². The van der Waals surface area contributed by atoms with Crippen LogP contribution in [0, 0.1) is 11.3 Å². The number of nitrogens with one attached hydrogen (secondary N) is 1. The second kappa shape index (κ2) is 10.3. The standard InChI is InChI=1S/C28H31N7O/c29-13-15-34(23-2-1-14-32-17-23)28(36)22-10-11-25-24(16-22)33-26(35(25)18-20-3-4-20)12-7-19-5-8-21(9-6-19)27(30)31/h1-2,5-6,8-11,14,16-17,20H,3-4,7,12-13,15,18,29H2,(H3,30,31). The summed E-state index contributed by atoms with van der Waals surface area (Å²) in [5, 5.41) is 7.58. The summed E-state index contributed by atoms with van der Waals surface area (Å²) in [6.07, 6.45) is 7.49. The number of nitrogens with two attached hydrogens (primary N) is 2. The molecule has 4 aromatic rings. The average molecular weight is 482 g/mol. The van der Waals surface area contributed by atoms with E-state index in [4.69, 9.17) is 21.9 Å². The van der Waals surface area contributed by atoms with Crippen molar-refractivity contribution in [3.05, 3.63) is 89.5 Å². The van der Waals surface area contributed by atoms with Gasteiger partial charge in [0.2, 0.25) is 0 Å². The fourth-order valence-corrected chi connectivity index (χ4v) is 4.52. The Hall–Kier alpha value is -4.04. The molecule has 2 aromatic carbocycles. The molecule has 1 fully saturated rings. The number of carbonyl (C=O) groups excluding carboxylic acids is 1. The zero-order valence-electron chi connectivity index (χ0n) is 20.2. The number of amidine groups is 1. The zero-order valence-corrected chi connectivity index (χ0v) is 20.2. The van der Waals surface area contributed by atoms with Crippen molar-refractivity contribution in [3.63, 3.8) is 0 Å². The van der Waals surface area contributed by atoms with E-state index in [0.29, 0.717) is 24.6 Å². The van der Waals surface area contributed by atoms with Crippen LogP contribution in [0.15, 0.2) is 67.0 Å². The number of rotatable bonds is 10. The predicted molar refractivity (Wildman–Crippen MR) is 142 cm³/mol. The number of hydrogen-bond donors (Lipinski definition) is 3.